The molecule has 1 aliphatic carbocycles. The quantitative estimate of drug-likeness (QED) is 0.150. The highest BCUT2D eigenvalue weighted by Gasteiger charge is 2.31. The van der Waals surface area contributed by atoms with E-state index in [2.05, 4.69) is 249 Å². The van der Waals surface area contributed by atoms with Crippen LogP contribution in [0.5, 0.6) is 0 Å². The zero-order valence-electron chi connectivity index (χ0n) is 33.0. The van der Waals surface area contributed by atoms with Gasteiger partial charge < -0.3 is 10.2 Å². The molecule has 280 valence electrons. The molecule has 1 aliphatic rings. The van der Waals surface area contributed by atoms with E-state index in [1.807, 2.05) is 0 Å². The zero-order chi connectivity index (χ0) is 39.3. The molecule has 0 aromatic heterocycles. The molecule has 9 rings (SSSR count). The first-order valence-electron chi connectivity index (χ1n) is 20.1. The summed E-state index contributed by atoms with van der Waals surface area (Å²) >= 11 is 0. The Bertz CT molecular complexity index is 2660. The van der Waals surface area contributed by atoms with Crippen LogP contribution in [0.3, 0.4) is 0 Å². The number of hydrogen-bond donors (Lipinski definition) is 1. The Balaban J connectivity index is 0.952. The van der Waals surface area contributed by atoms with Gasteiger partial charge in [-0.2, -0.15) is 0 Å². The smallest absolute Gasteiger partial charge is 0.0847 e. The molecule has 0 bridgehead atoms. The molecule has 0 fully saturated rings. The molecule has 0 radical (unpaired) electrons. The summed E-state index contributed by atoms with van der Waals surface area (Å²) in [6.07, 6.45) is 7.84. The summed E-state index contributed by atoms with van der Waals surface area (Å²) in [5, 5.41) is 3.91. The summed E-state index contributed by atoms with van der Waals surface area (Å²) < 4.78 is 0. The van der Waals surface area contributed by atoms with Crippen LogP contribution in [0.25, 0.3) is 39.0 Å². The van der Waals surface area contributed by atoms with Gasteiger partial charge in [0.25, 0.3) is 0 Å². The van der Waals surface area contributed by atoms with Crippen molar-refractivity contribution in [3.8, 4) is 33.4 Å². The molecule has 1 atom stereocenters. The Kier molecular flexibility index (Phi) is 10.1. The number of rotatable bonds is 10. The molecule has 1 unspecified atom stereocenters. The molecule has 0 heterocycles. The molecule has 0 saturated carbocycles. The second kappa shape index (κ2) is 16.1. The van der Waals surface area contributed by atoms with Gasteiger partial charge in [0, 0.05) is 22.7 Å². The molecule has 0 spiro atoms. The van der Waals surface area contributed by atoms with E-state index in [0.717, 1.165) is 29.2 Å². The van der Waals surface area contributed by atoms with Crippen molar-refractivity contribution in [1.82, 2.24) is 0 Å². The summed E-state index contributed by atoms with van der Waals surface area (Å²) in [6.45, 7) is 4.26. The van der Waals surface area contributed by atoms with Crippen LogP contribution in [0.4, 0.5) is 22.7 Å². The number of nitrogens with one attached hydrogen (secondary N) is 1. The maximum absolute atomic E-state index is 3.91. The molecule has 8 aromatic rings. The van der Waals surface area contributed by atoms with Gasteiger partial charge in [-0.3, -0.25) is 0 Å². The van der Waals surface area contributed by atoms with Gasteiger partial charge in [0.15, 0.2) is 0 Å². The topological polar surface area (TPSA) is 15.3 Å². The fraction of sp³-hybridized carbons (Fsp3) is 0.0714. The molecule has 2 nitrogen and oxygen atoms in total. The SMILES string of the molecule is Cc1ccc(NC2(c3ccc(-c4ccccc4)cc3)C=CC(c3ccc(-c4ccc(N(c5ccc(C)cc5)c5ccc(-c6ccccc6)cc5)cc4)cc3)=CC2)cc1. The van der Waals surface area contributed by atoms with Crippen LogP contribution in [0.2, 0.25) is 0 Å². The third-order valence-corrected chi connectivity index (χ3v) is 11.3. The Morgan fingerprint density at radius 2 is 0.776 bits per heavy atom. The van der Waals surface area contributed by atoms with E-state index < -0.39 is 0 Å². The standard InChI is InChI=1S/C56H46N2/c1-41-13-29-52(30-14-41)57-56(51-27-21-47(22-28-51)43-9-5-3-6-10-43)39-37-50(38-40-56)46-19-17-45(18-20-46)49-25-35-55(36-26-49)58(53-31-15-42(2)16-32-53)54-33-23-48(24-34-54)44-11-7-4-8-12-44/h3-39,57H,40H2,1-2H3. The van der Waals surface area contributed by atoms with Gasteiger partial charge in [-0.05, 0) is 119 Å². The van der Waals surface area contributed by atoms with E-state index in [1.54, 1.807) is 0 Å². The van der Waals surface area contributed by atoms with Gasteiger partial charge in [0.05, 0.1) is 5.54 Å². The lowest BCUT2D eigenvalue weighted by Crippen LogP contribution is -2.34. The maximum atomic E-state index is 3.91. The second-order valence-electron chi connectivity index (χ2n) is 15.3. The molecule has 2 heteroatoms. The van der Waals surface area contributed by atoms with Crippen molar-refractivity contribution in [2.45, 2.75) is 25.8 Å². The summed E-state index contributed by atoms with van der Waals surface area (Å²) in [5.41, 5.74) is 17.5. The number of allylic oxidation sites excluding steroid dienone is 2. The summed E-state index contributed by atoms with van der Waals surface area (Å²) in [5.74, 6) is 0. The van der Waals surface area contributed by atoms with E-state index in [4.69, 9.17) is 0 Å². The van der Waals surface area contributed by atoms with Gasteiger partial charge in [-0.25, -0.2) is 0 Å². The van der Waals surface area contributed by atoms with Crippen molar-refractivity contribution in [3.05, 3.63) is 247 Å². The van der Waals surface area contributed by atoms with Gasteiger partial charge in [0.2, 0.25) is 0 Å². The van der Waals surface area contributed by atoms with E-state index in [0.29, 0.717) is 0 Å². The lowest BCUT2D eigenvalue weighted by Gasteiger charge is -2.35. The molecule has 1 N–H and O–H groups in total. The van der Waals surface area contributed by atoms with Crippen molar-refractivity contribution < 1.29 is 0 Å². The summed E-state index contributed by atoms with van der Waals surface area (Å²) in [7, 11) is 0. The fourth-order valence-electron chi connectivity index (χ4n) is 7.95. The van der Waals surface area contributed by atoms with E-state index in [-0.39, 0.29) is 5.54 Å². The van der Waals surface area contributed by atoms with E-state index in [1.165, 1.54) is 61.2 Å². The molecular formula is C56H46N2. The Morgan fingerprint density at radius 1 is 0.397 bits per heavy atom. The lowest BCUT2D eigenvalue weighted by molar-refractivity contribution is 0.620. The predicted molar refractivity (Wildman–Crippen MR) is 247 cm³/mol. The minimum absolute atomic E-state index is 0.369. The Morgan fingerprint density at radius 3 is 1.22 bits per heavy atom. The van der Waals surface area contributed by atoms with Crippen LogP contribution in [0, 0.1) is 13.8 Å². The van der Waals surface area contributed by atoms with Crippen LogP contribution in [-0.4, -0.2) is 0 Å². The average molecular weight is 747 g/mol. The van der Waals surface area contributed by atoms with Crippen LogP contribution >= 0.6 is 0 Å². The first kappa shape index (κ1) is 36.5. The summed E-state index contributed by atoms with van der Waals surface area (Å²) in [4.78, 5) is 2.33. The Labute approximate surface area is 343 Å². The predicted octanol–water partition coefficient (Wildman–Crippen LogP) is 15.1. The van der Waals surface area contributed by atoms with Gasteiger partial charge in [-0.15, -0.1) is 0 Å². The van der Waals surface area contributed by atoms with Crippen LogP contribution in [0.15, 0.2) is 224 Å². The maximum Gasteiger partial charge on any atom is 0.0847 e. The molecule has 0 saturated heterocycles. The van der Waals surface area contributed by atoms with Crippen LogP contribution in [-0.2, 0) is 5.54 Å². The largest absolute Gasteiger partial charge is 0.372 e. The number of hydrogen-bond acceptors (Lipinski definition) is 2. The van der Waals surface area contributed by atoms with Crippen molar-refractivity contribution in [1.29, 1.82) is 0 Å². The van der Waals surface area contributed by atoms with E-state index in [9.17, 15) is 0 Å². The van der Waals surface area contributed by atoms with Crippen molar-refractivity contribution in [3.63, 3.8) is 0 Å². The highest BCUT2D eigenvalue weighted by molar-refractivity contribution is 5.81. The third kappa shape index (κ3) is 7.78. The van der Waals surface area contributed by atoms with Gasteiger partial charge >= 0.3 is 0 Å². The second-order valence-corrected chi connectivity index (χ2v) is 15.3. The highest BCUT2D eigenvalue weighted by atomic mass is 15.1. The van der Waals surface area contributed by atoms with Gasteiger partial charge in [0.1, 0.15) is 0 Å². The average Bonchev–Trinajstić information content (AvgIpc) is 3.29. The molecule has 0 amide bonds. The molecule has 8 aromatic carbocycles. The van der Waals surface area contributed by atoms with Crippen molar-refractivity contribution in [2.24, 2.45) is 0 Å². The van der Waals surface area contributed by atoms with Crippen molar-refractivity contribution in [2.75, 3.05) is 10.2 Å². The highest BCUT2D eigenvalue weighted by Crippen LogP contribution is 2.40. The van der Waals surface area contributed by atoms with Crippen LogP contribution < -0.4 is 10.2 Å². The van der Waals surface area contributed by atoms with Crippen LogP contribution in [0.1, 0.15) is 28.7 Å². The van der Waals surface area contributed by atoms with E-state index >= 15 is 0 Å². The number of benzene rings is 8. The minimum atomic E-state index is -0.369. The van der Waals surface area contributed by atoms with Crippen molar-refractivity contribution >= 4 is 28.3 Å². The molecular weight excluding hydrogens is 701 g/mol. The zero-order valence-corrected chi connectivity index (χ0v) is 33.0. The number of aryl methyl sites for hydroxylation is 2. The first-order chi connectivity index (χ1) is 28.5. The monoisotopic (exact) mass is 746 g/mol. The molecule has 58 heavy (non-hydrogen) atoms. The summed E-state index contributed by atoms with van der Waals surface area (Å²) in [6, 6.07) is 74.4. The van der Waals surface area contributed by atoms with Gasteiger partial charge in [-0.1, -0.05) is 187 Å². The third-order valence-electron chi connectivity index (χ3n) is 11.3. The molecule has 0 aliphatic heterocycles. The fourth-order valence-corrected chi connectivity index (χ4v) is 7.95. The number of nitrogens with zero attached hydrogens (tertiary/aromatic N) is 1. The lowest BCUT2D eigenvalue weighted by atomic mass is 9.80. The number of anilines is 4. The normalized spacial score (nSPS) is 14.8. The first-order valence-corrected chi connectivity index (χ1v) is 20.1. The Hall–Kier alpha value is -7.16. The minimum Gasteiger partial charge on any atom is -0.372 e.